The molecule has 2 heterocycles. The first-order chi connectivity index (χ1) is 18.4. The average molecular weight is 517 g/mol. The van der Waals surface area contributed by atoms with Crippen LogP contribution >= 0.6 is 0 Å². The van der Waals surface area contributed by atoms with E-state index in [9.17, 15) is 9.59 Å². The van der Waals surface area contributed by atoms with Crippen molar-refractivity contribution in [2.75, 3.05) is 31.0 Å². The lowest BCUT2D eigenvalue weighted by atomic mass is 10.1. The Morgan fingerprint density at radius 2 is 1.84 bits per heavy atom. The highest BCUT2D eigenvalue weighted by atomic mass is 16.5. The fourth-order valence-corrected chi connectivity index (χ4v) is 4.24. The summed E-state index contributed by atoms with van der Waals surface area (Å²) in [5.74, 6) is 0.302. The number of H-pyrrole nitrogens is 1. The van der Waals surface area contributed by atoms with Crippen molar-refractivity contribution in [2.45, 2.75) is 39.3 Å². The number of esters is 1. The van der Waals surface area contributed by atoms with Crippen molar-refractivity contribution in [1.29, 1.82) is 0 Å². The minimum atomic E-state index is -0.396. The lowest BCUT2D eigenvalue weighted by molar-refractivity contribution is 0.0600. The topological polar surface area (TPSA) is 122 Å². The molecule has 0 fully saturated rings. The molecule has 0 aliphatic rings. The number of benzene rings is 2. The van der Waals surface area contributed by atoms with Crippen molar-refractivity contribution in [1.82, 2.24) is 30.2 Å². The molecule has 198 valence electrons. The van der Waals surface area contributed by atoms with Gasteiger partial charge in [-0.15, -0.1) is 5.10 Å². The molecule has 2 aromatic carbocycles. The lowest BCUT2D eigenvalue weighted by Gasteiger charge is -2.23. The van der Waals surface area contributed by atoms with Gasteiger partial charge in [0.25, 0.3) is 11.9 Å². The zero-order chi connectivity index (χ0) is 27.1. The second kappa shape index (κ2) is 12.1. The maximum Gasteiger partial charge on any atom is 0.337 e. The van der Waals surface area contributed by atoms with Gasteiger partial charge in [-0.3, -0.25) is 9.69 Å². The number of para-hydroxylation sites is 1. The lowest BCUT2D eigenvalue weighted by Crippen LogP contribution is -2.34. The number of ether oxygens (including phenoxy) is 1. The van der Waals surface area contributed by atoms with Crippen LogP contribution in [0.3, 0.4) is 0 Å². The van der Waals surface area contributed by atoms with Crippen molar-refractivity contribution in [3.8, 4) is 0 Å². The van der Waals surface area contributed by atoms with Crippen LogP contribution in [-0.4, -0.2) is 63.3 Å². The van der Waals surface area contributed by atoms with Crippen molar-refractivity contribution in [2.24, 2.45) is 0 Å². The van der Waals surface area contributed by atoms with Gasteiger partial charge in [-0.1, -0.05) is 48.8 Å². The standard InChI is InChI=1S/C27H32N8O3/c1-5-6-11-24-28-16-23(34(24)17-19-12-14-20(15-13-19)26(37)38-4)25(36)35(27-29-31-32-30-27)18-21-9-7-8-10-22(21)33(2)3/h7-10,12-16H,5-6,11,17-18H2,1-4H3,(H,29,30,31,32). The Morgan fingerprint density at radius 3 is 2.50 bits per heavy atom. The Hall–Kier alpha value is -4.54. The summed E-state index contributed by atoms with van der Waals surface area (Å²) >= 11 is 0. The first-order valence-electron chi connectivity index (χ1n) is 12.4. The Labute approximate surface area is 221 Å². The van der Waals surface area contributed by atoms with Gasteiger partial charge in [0.2, 0.25) is 0 Å². The molecule has 0 bridgehead atoms. The number of unbranched alkanes of at least 4 members (excludes halogenated alkanes) is 1. The van der Waals surface area contributed by atoms with Gasteiger partial charge in [0, 0.05) is 32.7 Å². The Bertz CT molecular complexity index is 1360. The molecule has 0 spiro atoms. The van der Waals surface area contributed by atoms with Gasteiger partial charge >= 0.3 is 5.97 Å². The number of imidazole rings is 1. The molecule has 0 saturated carbocycles. The second-order valence-corrected chi connectivity index (χ2v) is 9.06. The molecule has 0 unspecified atom stereocenters. The first-order valence-corrected chi connectivity index (χ1v) is 12.4. The van der Waals surface area contributed by atoms with E-state index in [4.69, 9.17) is 4.74 Å². The Morgan fingerprint density at radius 1 is 1.08 bits per heavy atom. The number of tetrazole rings is 1. The van der Waals surface area contributed by atoms with Crippen LogP contribution in [0, 0.1) is 0 Å². The molecule has 1 amide bonds. The Balaban J connectivity index is 1.71. The van der Waals surface area contributed by atoms with Crippen molar-refractivity contribution in [3.05, 3.63) is 82.9 Å². The third-order valence-corrected chi connectivity index (χ3v) is 6.25. The number of anilines is 2. The van der Waals surface area contributed by atoms with E-state index < -0.39 is 5.97 Å². The largest absolute Gasteiger partial charge is 0.465 e. The minimum absolute atomic E-state index is 0.175. The molecule has 11 nitrogen and oxygen atoms in total. The molecular formula is C27H32N8O3. The molecule has 0 atom stereocenters. The number of rotatable bonds is 11. The molecule has 2 aromatic heterocycles. The molecule has 38 heavy (non-hydrogen) atoms. The zero-order valence-electron chi connectivity index (χ0n) is 22.1. The van der Waals surface area contributed by atoms with Gasteiger partial charge in [0.1, 0.15) is 11.5 Å². The summed E-state index contributed by atoms with van der Waals surface area (Å²) in [7, 11) is 5.27. The average Bonchev–Trinajstić information content (AvgIpc) is 3.61. The number of hydrogen-bond acceptors (Lipinski definition) is 8. The number of aromatic amines is 1. The highest BCUT2D eigenvalue weighted by Crippen LogP contribution is 2.24. The summed E-state index contributed by atoms with van der Waals surface area (Å²) in [4.78, 5) is 34.0. The first kappa shape index (κ1) is 26.5. The predicted molar refractivity (Wildman–Crippen MR) is 143 cm³/mol. The fourth-order valence-electron chi connectivity index (χ4n) is 4.24. The van der Waals surface area contributed by atoms with Gasteiger partial charge in [0.15, 0.2) is 0 Å². The van der Waals surface area contributed by atoms with Crippen LogP contribution in [0.25, 0.3) is 0 Å². The van der Waals surface area contributed by atoms with Crippen LogP contribution in [0.2, 0.25) is 0 Å². The van der Waals surface area contributed by atoms with Crippen molar-refractivity contribution in [3.63, 3.8) is 0 Å². The number of carbonyl (C=O) groups excluding carboxylic acids is 2. The number of carbonyl (C=O) groups is 2. The summed E-state index contributed by atoms with van der Waals surface area (Å²) in [5.41, 5.74) is 3.72. The third-order valence-electron chi connectivity index (χ3n) is 6.25. The SMILES string of the molecule is CCCCc1ncc(C(=O)N(Cc2ccccc2N(C)C)c2nn[nH]n2)n1Cc1ccc(C(=O)OC)cc1. The van der Waals surface area contributed by atoms with E-state index in [0.717, 1.165) is 41.9 Å². The maximum atomic E-state index is 14.1. The highest BCUT2D eigenvalue weighted by Gasteiger charge is 2.27. The van der Waals surface area contributed by atoms with E-state index >= 15 is 0 Å². The van der Waals surface area contributed by atoms with Crippen molar-refractivity contribution >= 4 is 23.5 Å². The van der Waals surface area contributed by atoms with Gasteiger partial charge in [0.05, 0.1) is 25.4 Å². The van der Waals surface area contributed by atoms with E-state index in [-0.39, 0.29) is 18.4 Å². The number of methoxy groups -OCH3 is 1. The molecule has 1 N–H and O–H groups in total. The van der Waals surface area contributed by atoms with E-state index in [1.165, 1.54) is 12.0 Å². The monoisotopic (exact) mass is 516 g/mol. The van der Waals surface area contributed by atoms with Crippen LogP contribution in [0.1, 0.15) is 57.6 Å². The normalized spacial score (nSPS) is 10.8. The highest BCUT2D eigenvalue weighted by molar-refractivity contribution is 6.04. The number of hydrogen-bond donors (Lipinski definition) is 1. The van der Waals surface area contributed by atoms with Gasteiger partial charge in [-0.2, -0.15) is 5.21 Å². The summed E-state index contributed by atoms with van der Waals surface area (Å²) in [6, 6.07) is 15.0. The molecule has 0 saturated heterocycles. The predicted octanol–water partition coefficient (Wildman–Crippen LogP) is 3.49. The number of aryl methyl sites for hydroxylation is 1. The number of aromatic nitrogens is 6. The van der Waals surface area contributed by atoms with E-state index in [1.807, 2.05) is 60.0 Å². The molecule has 0 aliphatic heterocycles. The number of nitrogens with zero attached hydrogens (tertiary/aromatic N) is 7. The fraction of sp³-hybridized carbons (Fsp3) is 0.333. The van der Waals surface area contributed by atoms with Crippen molar-refractivity contribution < 1.29 is 14.3 Å². The molecule has 0 radical (unpaired) electrons. The zero-order valence-corrected chi connectivity index (χ0v) is 22.1. The van der Waals surface area contributed by atoms with E-state index in [1.54, 1.807) is 18.3 Å². The summed E-state index contributed by atoms with van der Waals surface area (Å²) in [6.45, 7) is 2.77. The Kier molecular flexibility index (Phi) is 8.47. The third kappa shape index (κ3) is 5.88. The summed E-state index contributed by atoms with van der Waals surface area (Å²) in [6.07, 6.45) is 4.29. The summed E-state index contributed by atoms with van der Waals surface area (Å²) < 4.78 is 6.73. The van der Waals surface area contributed by atoms with Gasteiger partial charge < -0.3 is 14.2 Å². The van der Waals surface area contributed by atoms with E-state index in [0.29, 0.717) is 17.8 Å². The molecular weight excluding hydrogens is 484 g/mol. The quantitative estimate of drug-likeness (QED) is 0.301. The second-order valence-electron chi connectivity index (χ2n) is 9.06. The number of amides is 1. The molecule has 4 rings (SSSR count). The van der Waals surface area contributed by atoms with Crippen LogP contribution in [0.5, 0.6) is 0 Å². The molecule has 11 heteroatoms. The van der Waals surface area contributed by atoms with Gasteiger partial charge in [-0.25, -0.2) is 9.78 Å². The van der Waals surface area contributed by atoms with E-state index in [2.05, 4.69) is 32.5 Å². The van der Waals surface area contributed by atoms with Crippen LogP contribution in [0.4, 0.5) is 11.6 Å². The summed E-state index contributed by atoms with van der Waals surface area (Å²) in [5, 5.41) is 14.4. The van der Waals surface area contributed by atoms with Crippen LogP contribution in [0.15, 0.2) is 54.7 Å². The van der Waals surface area contributed by atoms with Crippen LogP contribution in [-0.2, 0) is 24.2 Å². The maximum absolute atomic E-state index is 14.1. The van der Waals surface area contributed by atoms with Crippen LogP contribution < -0.4 is 9.80 Å². The molecule has 0 aliphatic carbocycles. The van der Waals surface area contributed by atoms with Gasteiger partial charge in [-0.05, 0) is 41.0 Å². The smallest absolute Gasteiger partial charge is 0.337 e. The molecule has 4 aromatic rings. The minimum Gasteiger partial charge on any atom is -0.465 e. The number of nitrogens with one attached hydrogen (secondary N) is 1.